The van der Waals surface area contributed by atoms with Gasteiger partial charge in [-0.2, -0.15) is 0 Å². The first-order valence-corrected chi connectivity index (χ1v) is 6.76. The molecule has 1 heterocycles. The Bertz CT molecular complexity index is 691. The van der Waals surface area contributed by atoms with Gasteiger partial charge in [-0.05, 0) is 17.7 Å². The molecule has 1 unspecified atom stereocenters. The van der Waals surface area contributed by atoms with Gasteiger partial charge in [0.25, 0.3) is 12.3 Å². The Balaban J connectivity index is 2.06. The number of fused-ring (bicyclic) bond motifs is 1. The average molecular weight is 306 g/mol. The maximum Gasteiger partial charge on any atom is 0.267 e. The van der Waals surface area contributed by atoms with E-state index in [1.54, 1.807) is 24.3 Å². The summed E-state index contributed by atoms with van der Waals surface area (Å²) in [5.74, 6) is -1.54. The second kappa shape index (κ2) is 5.71. The summed E-state index contributed by atoms with van der Waals surface area (Å²) in [7, 11) is 0. The Labute approximate surface area is 125 Å². The van der Waals surface area contributed by atoms with Gasteiger partial charge in [-0.3, -0.25) is 4.79 Å². The number of rotatable bonds is 3. The Morgan fingerprint density at radius 2 is 1.82 bits per heavy atom. The number of halogens is 3. The molecule has 6 heteroatoms. The first-order chi connectivity index (χ1) is 10.6. The van der Waals surface area contributed by atoms with Crippen LogP contribution in [0.15, 0.2) is 48.5 Å². The number of alkyl halides is 2. The van der Waals surface area contributed by atoms with Crippen molar-refractivity contribution >= 4 is 17.3 Å². The van der Waals surface area contributed by atoms with E-state index in [0.29, 0.717) is 0 Å². The number of hydrogen-bond donors (Lipinski definition) is 1. The number of benzene rings is 2. The van der Waals surface area contributed by atoms with Crippen LogP contribution in [-0.4, -0.2) is 18.4 Å². The molecule has 0 aliphatic carbocycles. The summed E-state index contributed by atoms with van der Waals surface area (Å²) in [6.07, 6.45) is -2.87. The molecule has 0 radical (unpaired) electrons. The molecule has 1 aliphatic rings. The van der Waals surface area contributed by atoms with Crippen LogP contribution in [0.2, 0.25) is 0 Å². The highest BCUT2D eigenvalue weighted by Gasteiger charge is 2.40. The maximum absolute atomic E-state index is 13.9. The third-order valence-corrected chi connectivity index (χ3v) is 3.59. The van der Waals surface area contributed by atoms with Gasteiger partial charge in [0.1, 0.15) is 11.5 Å². The molecule has 114 valence electrons. The smallest absolute Gasteiger partial charge is 0.267 e. The van der Waals surface area contributed by atoms with Crippen molar-refractivity contribution in [2.45, 2.75) is 19.0 Å². The Kier molecular flexibility index (Phi) is 3.75. The number of amides is 1. The summed E-state index contributed by atoms with van der Waals surface area (Å²) in [6.45, 7) is 0.0969. The number of hydrogen-bond acceptors (Lipinski definition) is 2. The minimum atomic E-state index is -2.87. The van der Waals surface area contributed by atoms with Crippen LogP contribution < -0.4 is 10.2 Å². The molecule has 0 fully saturated rings. The highest BCUT2D eigenvalue weighted by atomic mass is 19.3. The van der Waals surface area contributed by atoms with Crippen molar-refractivity contribution < 1.29 is 18.0 Å². The third-order valence-electron chi connectivity index (χ3n) is 3.59. The molecule has 0 bridgehead atoms. The molecule has 1 N–H and O–H groups in total. The van der Waals surface area contributed by atoms with Crippen LogP contribution in [0.1, 0.15) is 5.56 Å². The number of carbonyl (C=O) groups excluding carboxylic acids is 1. The van der Waals surface area contributed by atoms with Gasteiger partial charge >= 0.3 is 0 Å². The van der Waals surface area contributed by atoms with E-state index in [0.717, 1.165) is 5.56 Å². The monoisotopic (exact) mass is 306 g/mol. The van der Waals surface area contributed by atoms with Gasteiger partial charge in [-0.1, -0.05) is 36.4 Å². The van der Waals surface area contributed by atoms with Gasteiger partial charge in [0.05, 0.1) is 5.69 Å². The lowest BCUT2D eigenvalue weighted by Crippen LogP contribution is -2.52. The number of carbonyl (C=O) groups is 1. The van der Waals surface area contributed by atoms with Crippen molar-refractivity contribution in [3.8, 4) is 0 Å². The molecule has 3 rings (SSSR count). The fourth-order valence-corrected chi connectivity index (χ4v) is 2.58. The van der Waals surface area contributed by atoms with E-state index in [9.17, 15) is 18.0 Å². The molecule has 1 amide bonds. The highest BCUT2D eigenvalue weighted by molar-refractivity contribution is 6.04. The lowest BCUT2D eigenvalue weighted by atomic mass is 10.1. The third kappa shape index (κ3) is 2.52. The summed E-state index contributed by atoms with van der Waals surface area (Å²) in [5.41, 5.74) is 0.965. The minimum absolute atomic E-state index is 0.0552. The first-order valence-electron chi connectivity index (χ1n) is 6.76. The Morgan fingerprint density at radius 1 is 1.09 bits per heavy atom. The van der Waals surface area contributed by atoms with Crippen molar-refractivity contribution in [1.29, 1.82) is 0 Å². The van der Waals surface area contributed by atoms with E-state index in [1.165, 1.54) is 23.1 Å². The van der Waals surface area contributed by atoms with Crippen LogP contribution in [0.5, 0.6) is 0 Å². The highest BCUT2D eigenvalue weighted by Crippen LogP contribution is 2.36. The largest absolute Gasteiger partial charge is 0.349 e. The van der Waals surface area contributed by atoms with Crippen LogP contribution in [0, 0.1) is 5.82 Å². The fourth-order valence-electron chi connectivity index (χ4n) is 2.58. The van der Waals surface area contributed by atoms with Crippen LogP contribution in [0.4, 0.5) is 24.5 Å². The average Bonchev–Trinajstić information content (AvgIpc) is 2.49. The molecule has 1 aliphatic heterocycles. The molecule has 2 aromatic carbocycles. The van der Waals surface area contributed by atoms with E-state index < -0.39 is 24.2 Å². The molecule has 0 aromatic heterocycles. The molecule has 1 atom stereocenters. The van der Waals surface area contributed by atoms with Crippen LogP contribution in [-0.2, 0) is 11.3 Å². The van der Waals surface area contributed by atoms with Crippen molar-refractivity contribution in [2.75, 3.05) is 10.2 Å². The van der Waals surface area contributed by atoms with Crippen LogP contribution in [0.25, 0.3) is 0 Å². The summed E-state index contributed by atoms with van der Waals surface area (Å²) < 4.78 is 40.5. The van der Waals surface area contributed by atoms with E-state index in [2.05, 4.69) is 5.32 Å². The van der Waals surface area contributed by atoms with Gasteiger partial charge in [0.15, 0.2) is 6.04 Å². The van der Waals surface area contributed by atoms with E-state index in [4.69, 9.17) is 0 Å². The van der Waals surface area contributed by atoms with Crippen molar-refractivity contribution in [3.05, 3.63) is 59.9 Å². The molecule has 3 nitrogen and oxygen atoms in total. The topological polar surface area (TPSA) is 32.3 Å². The molecule has 0 spiro atoms. The molecule has 2 aromatic rings. The van der Waals surface area contributed by atoms with E-state index in [1.807, 2.05) is 6.07 Å². The van der Waals surface area contributed by atoms with Crippen LogP contribution in [0.3, 0.4) is 0 Å². The second-order valence-electron chi connectivity index (χ2n) is 5.02. The lowest BCUT2D eigenvalue weighted by molar-refractivity contribution is -0.120. The second-order valence-corrected chi connectivity index (χ2v) is 5.02. The Morgan fingerprint density at radius 3 is 2.50 bits per heavy atom. The van der Waals surface area contributed by atoms with Crippen molar-refractivity contribution in [1.82, 2.24) is 0 Å². The maximum atomic E-state index is 13.9. The minimum Gasteiger partial charge on any atom is -0.349 e. The van der Waals surface area contributed by atoms with E-state index in [-0.39, 0.29) is 17.9 Å². The SMILES string of the molecule is O=C1Nc2c(F)cccc2N(Cc2ccccc2)C1C(F)F. The predicted octanol–water partition coefficient (Wildman–Crippen LogP) is 3.42. The van der Waals surface area contributed by atoms with Crippen molar-refractivity contribution in [2.24, 2.45) is 0 Å². The molecule has 0 saturated carbocycles. The summed E-state index contributed by atoms with van der Waals surface area (Å²) in [6, 6.07) is 11.4. The number of nitrogens with one attached hydrogen (secondary N) is 1. The standard InChI is InChI=1S/C16H13F3N2O/c17-11-7-4-8-12-13(11)20-16(22)14(15(18)19)21(12)9-10-5-2-1-3-6-10/h1-8,14-15H,9H2,(H,20,22). The quantitative estimate of drug-likeness (QED) is 0.942. The molecule has 0 saturated heterocycles. The van der Waals surface area contributed by atoms with Crippen LogP contribution >= 0.6 is 0 Å². The van der Waals surface area contributed by atoms with Crippen molar-refractivity contribution in [3.63, 3.8) is 0 Å². The van der Waals surface area contributed by atoms with Gasteiger partial charge < -0.3 is 10.2 Å². The van der Waals surface area contributed by atoms with E-state index >= 15 is 0 Å². The van der Waals surface area contributed by atoms with Gasteiger partial charge in [0, 0.05) is 6.54 Å². The lowest BCUT2D eigenvalue weighted by Gasteiger charge is -2.37. The Hall–Kier alpha value is -2.50. The van der Waals surface area contributed by atoms with Gasteiger partial charge in [0.2, 0.25) is 0 Å². The predicted molar refractivity (Wildman–Crippen MR) is 77.4 cm³/mol. The summed E-state index contributed by atoms with van der Waals surface area (Å²) in [4.78, 5) is 13.2. The van der Waals surface area contributed by atoms with Gasteiger partial charge in [-0.25, -0.2) is 13.2 Å². The summed E-state index contributed by atoms with van der Waals surface area (Å²) >= 11 is 0. The van der Waals surface area contributed by atoms with Gasteiger partial charge in [-0.15, -0.1) is 0 Å². The number of anilines is 2. The number of nitrogens with zero attached hydrogens (tertiary/aromatic N) is 1. The normalized spacial score (nSPS) is 17.4. The molecule has 22 heavy (non-hydrogen) atoms. The zero-order valence-corrected chi connectivity index (χ0v) is 11.5. The molecular weight excluding hydrogens is 293 g/mol. The first kappa shape index (κ1) is 14.4. The molecular formula is C16H13F3N2O. The summed E-state index contributed by atoms with van der Waals surface area (Å²) in [5, 5.41) is 2.24. The number of para-hydroxylation sites is 1. The fraction of sp³-hybridized carbons (Fsp3) is 0.188. The zero-order valence-electron chi connectivity index (χ0n) is 11.5. The zero-order chi connectivity index (χ0) is 15.7.